The predicted molar refractivity (Wildman–Crippen MR) is 107 cm³/mol. The van der Waals surface area contributed by atoms with Crippen LogP contribution in [0.5, 0.6) is 0 Å². The smallest absolute Gasteiger partial charge is 0.252 e. The molecule has 1 fully saturated rings. The average Bonchev–Trinajstić information content (AvgIpc) is 3.19. The van der Waals surface area contributed by atoms with Crippen molar-refractivity contribution in [3.63, 3.8) is 0 Å². The normalized spacial score (nSPS) is 16.3. The van der Waals surface area contributed by atoms with Crippen LogP contribution >= 0.6 is 23.1 Å². The summed E-state index contributed by atoms with van der Waals surface area (Å²) in [5, 5.41) is 8.58. The van der Waals surface area contributed by atoms with Crippen LogP contribution in [0, 0.1) is 5.41 Å². The Kier molecular flexibility index (Phi) is 7.07. The number of nitrogens with zero attached hydrogens (tertiary/aromatic N) is 1. The number of aromatic nitrogens is 1. The van der Waals surface area contributed by atoms with Crippen molar-refractivity contribution in [2.45, 2.75) is 23.5 Å². The Bertz CT molecular complexity index is 695. The van der Waals surface area contributed by atoms with E-state index in [9.17, 15) is 4.79 Å². The van der Waals surface area contributed by atoms with Gasteiger partial charge in [0.15, 0.2) is 0 Å². The molecular weight excluding hydrogens is 366 g/mol. The van der Waals surface area contributed by atoms with E-state index in [0.29, 0.717) is 13.2 Å². The van der Waals surface area contributed by atoms with Crippen molar-refractivity contribution in [1.29, 1.82) is 0 Å². The lowest BCUT2D eigenvalue weighted by Crippen LogP contribution is -2.47. The second kappa shape index (κ2) is 9.50. The molecule has 1 amide bonds. The third-order valence-corrected chi connectivity index (χ3v) is 6.47. The Balaban J connectivity index is 1.63. The lowest BCUT2D eigenvalue weighted by molar-refractivity contribution is 0.0511. The minimum Gasteiger partial charge on any atom is -0.384 e. The first-order valence-corrected chi connectivity index (χ1v) is 10.7. The summed E-state index contributed by atoms with van der Waals surface area (Å²) in [6.45, 7) is 3.26. The van der Waals surface area contributed by atoms with Crippen molar-refractivity contribution in [2.75, 3.05) is 33.4 Å². The van der Waals surface area contributed by atoms with Crippen molar-refractivity contribution >= 4 is 29.0 Å². The molecule has 3 rings (SSSR count). The predicted octanol–water partition coefficient (Wildman–Crippen LogP) is 3.18. The Hall–Kier alpha value is -1.41. The van der Waals surface area contributed by atoms with Gasteiger partial charge in [-0.2, -0.15) is 0 Å². The van der Waals surface area contributed by atoms with Crippen LogP contribution in [0.1, 0.15) is 28.9 Å². The minimum atomic E-state index is -0.0135. The Morgan fingerprint density at radius 3 is 2.92 bits per heavy atom. The van der Waals surface area contributed by atoms with E-state index in [1.54, 1.807) is 30.2 Å². The van der Waals surface area contributed by atoms with Gasteiger partial charge in [-0.25, -0.2) is 4.98 Å². The molecule has 0 unspecified atom stereocenters. The lowest BCUT2D eigenvalue weighted by atomic mass is 9.79. The SMILES string of the molecule is COCC1(CNC(=O)c2ccccc2SCc2cscn2)CCNCC1. The van der Waals surface area contributed by atoms with Crippen LogP contribution in [-0.4, -0.2) is 44.2 Å². The number of hydrogen-bond donors (Lipinski definition) is 2. The number of benzene rings is 1. The van der Waals surface area contributed by atoms with Crippen LogP contribution in [0.2, 0.25) is 0 Å². The number of rotatable bonds is 8. The van der Waals surface area contributed by atoms with Gasteiger partial charge >= 0.3 is 0 Å². The van der Waals surface area contributed by atoms with Gasteiger partial charge in [0.1, 0.15) is 0 Å². The molecule has 2 aromatic rings. The molecule has 1 aliphatic rings. The molecule has 5 nitrogen and oxygen atoms in total. The molecule has 26 heavy (non-hydrogen) atoms. The van der Waals surface area contributed by atoms with Gasteiger partial charge in [0.05, 0.1) is 23.4 Å². The lowest BCUT2D eigenvalue weighted by Gasteiger charge is -2.37. The summed E-state index contributed by atoms with van der Waals surface area (Å²) in [6, 6.07) is 7.78. The zero-order valence-corrected chi connectivity index (χ0v) is 16.6. The highest BCUT2D eigenvalue weighted by atomic mass is 32.2. The fraction of sp³-hybridized carbons (Fsp3) is 0.474. The third kappa shape index (κ3) is 5.07. The first-order valence-electron chi connectivity index (χ1n) is 8.79. The number of nitrogens with one attached hydrogen (secondary N) is 2. The number of hydrogen-bond acceptors (Lipinski definition) is 6. The molecule has 2 N–H and O–H groups in total. The largest absolute Gasteiger partial charge is 0.384 e. The number of carbonyl (C=O) groups excluding carboxylic acids is 1. The molecular formula is C19H25N3O2S2. The summed E-state index contributed by atoms with van der Waals surface area (Å²) in [5.74, 6) is 0.757. The number of thioether (sulfide) groups is 1. The second-order valence-corrected chi connectivity index (χ2v) is 8.37. The number of piperidine rings is 1. The van der Waals surface area contributed by atoms with Gasteiger partial charge in [0.25, 0.3) is 5.91 Å². The number of methoxy groups -OCH3 is 1. The standard InChI is InChI=1S/C19H25N3O2S2/c1-24-13-19(6-8-20-9-7-19)12-21-18(23)16-4-2-3-5-17(16)26-11-15-10-25-14-22-15/h2-5,10,14,20H,6-9,11-13H2,1H3,(H,21,23). The summed E-state index contributed by atoms with van der Waals surface area (Å²) < 4.78 is 5.44. The Morgan fingerprint density at radius 2 is 2.19 bits per heavy atom. The molecule has 0 aliphatic carbocycles. The molecule has 1 aromatic heterocycles. The van der Waals surface area contributed by atoms with E-state index >= 15 is 0 Å². The molecule has 0 spiro atoms. The third-order valence-electron chi connectivity index (χ3n) is 4.73. The molecule has 1 aromatic carbocycles. The van der Waals surface area contributed by atoms with Crippen molar-refractivity contribution < 1.29 is 9.53 Å². The van der Waals surface area contributed by atoms with E-state index in [0.717, 1.165) is 47.8 Å². The maximum Gasteiger partial charge on any atom is 0.252 e. The quantitative estimate of drug-likeness (QED) is 0.677. The average molecular weight is 392 g/mol. The highest BCUT2D eigenvalue weighted by molar-refractivity contribution is 7.98. The van der Waals surface area contributed by atoms with Gasteiger partial charge in [0.2, 0.25) is 0 Å². The summed E-state index contributed by atoms with van der Waals surface area (Å²) in [5.41, 5.74) is 3.64. The highest BCUT2D eigenvalue weighted by Gasteiger charge is 2.32. The van der Waals surface area contributed by atoms with Crippen LogP contribution in [0.15, 0.2) is 40.1 Å². The van der Waals surface area contributed by atoms with Gasteiger partial charge in [-0.1, -0.05) is 12.1 Å². The number of amides is 1. The molecule has 140 valence electrons. The van der Waals surface area contributed by atoms with Gasteiger partial charge in [-0.3, -0.25) is 4.79 Å². The van der Waals surface area contributed by atoms with E-state index in [1.807, 2.05) is 35.2 Å². The number of carbonyl (C=O) groups is 1. The first kappa shape index (κ1) is 19.4. The molecule has 0 radical (unpaired) electrons. The van der Waals surface area contributed by atoms with Gasteiger partial charge in [0, 0.05) is 35.1 Å². The van der Waals surface area contributed by atoms with Gasteiger partial charge < -0.3 is 15.4 Å². The van der Waals surface area contributed by atoms with Crippen molar-refractivity contribution in [3.8, 4) is 0 Å². The Labute approximate surface area is 162 Å². The molecule has 0 saturated carbocycles. The summed E-state index contributed by atoms with van der Waals surface area (Å²) in [6.07, 6.45) is 2.03. The molecule has 0 bridgehead atoms. The molecule has 1 saturated heterocycles. The number of ether oxygens (including phenoxy) is 1. The molecule has 2 heterocycles. The fourth-order valence-electron chi connectivity index (χ4n) is 3.24. The van der Waals surface area contributed by atoms with Crippen LogP contribution in [-0.2, 0) is 10.5 Å². The van der Waals surface area contributed by atoms with E-state index in [4.69, 9.17) is 4.74 Å². The molecule has 0 atom stereocenters. The van der Waals surface area contributed by atoms with E-state index in [2.05, 4.69) is 15.6 Å². The van der Waals surface area contributed by atoms with E-state index < -0.39 is 0 Å². The zero-order valence-electron chi connectivity index (χ0n) is 15.0. The molecule has 7 heteroatoms. The van der Waals surface area contributed by atoms with E-state index in [1.165, 1.54) is 0 Å². The van der Waals surface area contributed by atoms with Crippen molar-refractivity contribution in [3.05, 3.63) is 46.4 Å². The maximum atomic E-state index is 12.8. The van der Waals surface area contributed by atoms with Crippen LogP contribution in [0.4, 0.5) is 0 Å². The van der Waals surface area contributed by atoms with Gasteiger partial charge in [-0.15, -0.1) is 23.1 Å². The maximum absolute atomic E-state index is 12.8. The monoisotopic (exact) mass is 391 g/mol. The van der Waals surface area contributed by atoms with Crippen LogP contribution in [0.25, 0.3) is 0 Å². The first-order chi connectivity index (χ1) is 12.7. The summed E-state index contributed by atoms with van der Waals surface area (Å²) >= 11 is 3.25. The highest BCUT2D eigenvalue weighted by Crippen LogP contribution is 2.29. The molecule has 1 aliphatic heterocycles. The number of thiazole rings is 1. The van der Waals surface area contributed by atoms with Gasteiger partial charge in [-0.05, 0) is 38.1 Å². The van der Waals surface area contributed by atoms with Crippen LogP contribution < -0.4 is 10.6 Å². The summed E-state index contributed by atoms with van der Waals surface area (Å²) in [7, 11) is 1.73. The van der Waals surface area contributed by atoms with Crippen LogP contribution in [0.3, 0.4) is 0 Å². The summed E-state index contributed by atoms with van der Waals surface area (Å²) in [4.78, 5) is 18.1. The fourth-order valence-corrected chi connectivity index (χ4v) is 4.86. The second-order valence-electron chi connectivity index (χ2n) is 6.63. The van der Waals surface area contributed by atoms with E-state index in [-0.39, 0.29) is 11.3 Å². The zero-order chi connectivity index (χ0) is 18.2. The Morgan fingerprint density at radius 1 is 1.38 bits per heavy atom. The minimum absolute atomic E-state index is 0.0135. The van der Waals surface area contributed by atoms with Crippen molar-refractivity contribution in [2.24, 2.45) is 5.41 Å². The van der Waals surface area contributed by atoms with Crippen molar-refractivity contribution in [1.82, 2.24) is 15.6 Å². The topological polar surface area (TPSA) is 63.2 Å².